The predicted octanol–water partition coefficient (Wildman–Crippen LogP) is 0.749. The van der Waals surface area contributed by atoms with E-state index in [4.69, 9.17) is 0 Å². The van der Waals surface area contributed by atoms with Gasteiger partial charge in [-0.2, -0.15) is 0 Å². The molecule has 0 aromatic rings. The molecular weight excluding hydrogens is 266 g/mol. The van der Waals surface area contributed by atoms with Gasteiger partial charge >= 0.3 is 0 Å². The Kier molecular flexibility index (Phi) is 4.48. The molecule has 2 N–H and O–H groups in total. The van der Waals surface area contributed by atoms with Crippen LogP contribution in [0.2, 0.25) is 0 Å². The van der Waals surface area contributed by atoms with Crippen LogP contribution in [0.4, 0.5) is 0 Å². The molecule has 1 saturated carbocycles. The fourth-order valence-corrected chi connectivity index (χ4v) is 3.70. The zero-order valence-electron chi connectivity index (χ0n) is 12.9. The first kappa shape index (κ1) is 14.8. The van der Waals surface area contributed by atoms with E-state index in [-0.39, 0.29) is 17.7 Å². The molecule has 3 aliphatic rings. The molecule has 5 nitrogen and oxygen atoms in total. The monoisotopic (exact) mass is 293 g/mol. The molecular formula is C16H27N3O2. The van der Waals surface area contributed by atoms with Crippen LogP contribution in [-0.2, 0) is 9.59 Å². The number of carbonyl (C=O) groups is 2. The first-order chi connectivity index (χ1) is 10.1. The van der Waals surface area contributed by atoms with Crippen molar-refractivity contribution in [1.29, 1.82) is 0 Å². The highest BCUT2D eigenvalue weighted by atomic mass is 16.2. The molecule has 1 aliphatic carbocycles. The molecule has 21 heavy (non-hydrogen) atoms. The van der Waals surface area contributed by atoms with Gasteiger partial charge in [-0.3, -0.25) is 9.59 Å². The largest absolute Gasteiger partial charge is 0.355 e. The molecule has 118 valence electrons. The van der Waals surface area contributed by atoms with Crippen molar-refractivity contribution in [3.63, 3.8) is 0 Å². The minimum absolute atomic E-state index is 0.0712. The molecule has 2 saturated heterocycles. The summed E-state index contributed by atoms with van der Waals surface area (Å²) in [5.41, 5.74) is 0. The number of nitrogens with zero attached hydrogens (tertiary/aromatic N) is 1. The van der Waals surface area contributed by atoms with Crippen molar-refractivity contribution < 1.29 is 9.59 Å². The molecule has 0 spiro atoms. The maximum absolute atomic E-state index is 12.2. The van der Waals surface area contributed by atoms with Crippen molar-refractivity contribution in [3.8, 4) is 0 Å². The van der Waals surface area contributed by atoms with E-state index in [0.717, 1.165) is 38.4 Å². The molecule has 1 atom stereocenters. The van der Waals surface area contributed by atoms with Gasteiger partial charge in [-0.1, -0.05) is 6.92 Å². The third-order valence-electron chi connectivity index (χ3n) is 5.39. The van der Waals surface area contributed by atoms with Crippen LogP contribution in [0.3, 0.4) is 0 Å². The topological polar surface area (TPSA) is 61.4 Å². The predicted molar refractivity (Wildman–Crippen MR) is 80.6 cm³/mol. The minimum atomic E-state index is -0.134. The maximum Gasteiger partial charge on any atom is 0.225 e. The summed E-state index contributed by atoms with van der Waals surface area (Å²) in [5, 5.41) is 6.22. The van der Waals surface area contributed by atoms with Gasteiger partial charge < -0.3 is 15.5 Å². The van der Waals surface area contributed by atoms with Crippen molar-refractivity contribution in [3.05, 3.63) is 0 Å². The van der Waals surface area contributed by atoms with Crippen LogP contribution in [0.25, 0.3) is 0 Å². The van der Waals surface area contributed by atoms with E-state index in [1.165, 1.54) is 12.8 Å². The van der Waals surface area contributed by atoms with Gasteiger partial charge in [-0.15, -0.1) is 0 Å². The number of rotatable bonds is 4. The molecule has 0 aromatic carbocycles. The van der Waals surface area contributed by atoms with Crippen molar-refractivity contribution in [2.45, 2.75) is 45.1 Å². The third kappa shape index (κ3) is 3.39. The van der Waals surface area contributed by atoms with Gasteiger partial charge in [0, 0.05) is 44.6 Å². The quantitative estimate of drug-likeness (QED) is 0.804. The number of carbonyl (C=O) groups excluding carboxylic acids is 2. The standard InChI is InChI=1S/C16H27N3O2/c1-11-2-4-14(5-3-11)19-10-13(6-15(19)20)16(21)18-9-12-7-17-8-12/h11-14,17H,2-10H2,1H3,(H,18,21). The van der Waals surface area contributed by atoms with E-state index in [9.17, 15) is 9.59 Å². The Balaban J connectivity index is 1.48. The third-order valence-corrected chi connectivity index (χ3v) is 5.39. The summed E-state index contributed by atoms with van der Waals surface area (Å²) in [5.74, 6) is 1.47. The highest BCUT2D eigenvalue weighted by molar-refractivity contribution is 5.89. The summed E-state index contributed by atoms with van der Waals surface area (Å²) in [6, 6.07) is 0.377. The highest BCUT2D eigenvalue weighted by Crippen LogP contribution is 2.31. The average Bonchev–Trinajstić information content (AvgIpc) is 2.80. The van der Waals surface area contributed by atoms with E-state index >= 15 is 0 Å². The lowest BCUT2D eigenvalue weighted by Crippen LogP contribution is -2.49. The van der Waals surface area contributed by atoms with Gasteiger partial charge in [-0.25, -0.2) is 0 Å². The molecule has 0 aromatic heterocycles. The van der Waals surface area contributed by atoms with Gasteiger partial charge in [0.2, 0.25) is 11.8 Å². The van der Waals surface area contributed by atoms with E-state index in [2.05, 4.69) is 17.6 Å². The second kappa shape index (κ2) is 6.34. The molecule has 5 heteroatoms. The van der Waals surface area contributed by atoms with Crippen LogP contribution in [-0.4, -0.2) is 48.9 Å². The molecule has 2 heterocycles. The van der Waals surface area contributed by atoms with Gasteiger partial charge in [0.25, 0.3) is 0 Å². The normalized spacial score (nSPS) is 33.9. The van der Waals surface area contributed by atoms with Crippen LogP contribution in [0, 0.1) is 17.8 Å². The Morgan fingerprint density at radius 3 is 2.62 bits per heavy atom. The molecule has 0 radical (unpaired) electrons. The lowest BCUT2D eigenvalue weighted by atomic mass is 9.87. The average molecular weight is 293 g/mol. The number of amides is 2. The Bertz CT molecular complexity index is 400. The Hall–Kier alpha value is -1.10. The number of nitrogens with one attached hydrogen (secondary N) is 2. The molecule has 2 aliphatic heterocycles. The number of hydrogen-bond donors (Lipinski definition) is 2. The highest BCUT2D eigenvalue weighted by Gasteiger charge is 2.38. The van der Waals surface area contributed by atoms with Gasteiger partial charge in [0.05, 0.1) is 5.92 Å². The summed E-state index contributed by atoms with van der Waals surface area (Å²) in [7, 11) is 0. The summed E-state index contributed by atoms with van der Waals surface area (Å²) >= 11 is 0. The van der Waals surface area contributed by atoms with Crippen molar-refractivity contribution in [2.24, 2.45) is 17.8 Å². The van der Waals surface area contributed by atoms with E-state index in [0.29, 0.717) is 24.9 Å². The maximum atomic E-state index is 12.2. The van der Waals surface area contributed by atoms with Gasteiger partial charge in [0.15, 0.2) is 0 Å². The molecule has 3 rings (SSSR count). The summed E-state index contributed by atoms with van der Waals surface area (Å²) in [4.78, 5) is 26.4. The smallest absolute Gasteiger partial charge is 0.225 e. The first-order valence-electron chi connectivity index (χ1n) is 8.41. The van der Waals surface area contributed by atoms with Crippen LogP contribution in [0.1, 0.15) is 39.0 Å². The zero-order chi connectivity index (χ0) is 14.8. The van der Waals surface area contributed by atoms with Crippen LogP contribution < -0.4 is 10.6 Å². The number of likely N-dealkylation sites (tertiary alicyclic amines) is 1. The lowest BCUT2D eigenvalue weighted by molar-refractivity contribution is -0.131. The fourth-order valence-electron chi connectivity index (χ4n) is 3.70. The van der Waals surface area contributed by atoms with E-state index in [1.54, 1.807) is 0 Å². The van der Waals surface area contributed by atoms with Crippen LogP contribution in [0.5, 0.6) is 0 Å². The SMILES string of the molecule is CC1CCC(N2CC(C(=O)NCC3CNC3)CC2=O)CC1. The summed E-state index contributed by atoms with van der Waals surface area (Å²) in [6.07, 6.45) is 5.03. The molecule has 2 amide bonds. The Morgan fingerprint density at radius 2 is 2.00 bits per heavy atom. The molecule has 1 unspecified atom stereocenters. The van der Waals surface area contributed by atoms with Crippen molar-refractivity contribution in [2.75, 3.05) is 26.2 Å². The Labute approximate surface area is 126 Å². The minimum Gasteiger partial charge on any atom is -0.355 e. The molecule has 0 bridgehead atoms. The van der Waals surface area contributed by atoms with E-state index in [1.807, 2.05) is 4.90 Å². The summed E-state index contributed by atoms with van der Waals surface area (Å²) < 4.78 is 0. The lowest BCUT2D eigenvalue weighted by Gasteiger charge is -2.33. The number of hydrogen-bond acceptors (Lipinski definition) is 3. The molecule has 3 fully saturated rings. The van der Waals surface area contributed by atoms with Crippen molar-refractivity contribution in [1.82, 2.24) is 15.5 Å². The van der Waals surface area contributed by atoms with Crippen LogP contribution >= 0.6 is 0 Å². The first-order valence-corrected chi connectivity index (χ1v) is 8.41. The van der Waals surface area contributed by atoms with Crippen molar-refractivity contribution >= 4 is 11.8 Å². The van der Waals surface area contributed by atoms with Crippen LogP contribution in [0.15, 0.2) is 0 Å². The van der Waals surface area contributed by atoms with E-state index < -0.39 is 0 Å². The second-order valence-corrected chi connectivity index (χ2v) is 7.13. The fraction of sp³-hybridized carbons (Fsp3) is 0.875. The zero-order valence-corrected chi connectivity index (χ0v) is 12.9. The second-order valence-electron chi connectivity index (χ2n) is 7.13. The van der Waals surface area contributed by atoms with Gasteiger partial charge in [0.1, 0.15) is 0 Å². The summed E-state index contributed by atoms with van der Waals surface area (Å²) in [6.45, 7) is 5.66. The Morgan fingerprint density at radius 1 is 1.29 bits per heavy atom. The van der Waals surface area contributed by atoms with Gasteiger partial charge in [-0.05, 0) is 31.6 Å².